The van der Waals surface area contributed by atoms with Gasteiger partial charge in [-0.15, -0.1) is 0 Å². The number of benzene rings is 2. The molecular weight excluding hydrogens is 381 g/mol. The summed E-state index contributed by atoms with van der Waals surface area (Å²) in [5, 5.41) is 14.4. The zero-order valence-corrected chi connectivity index (χ0v) is 15.5. The van der Waals surface area contributed by atoms with Crippen molar-refractivity contribution in [2.45, 2.75) is 0 Å². The fraction of sp³-hybridized carbons (Fsp3) is 0.100. The lowest BCUT2D eigenvalue weighted by Gasteiger charge is -2.10. The van der Waals surface area contributed by atoms with Crippen molar-refractivity contribution in [3.8, 4) is 6.07 Å². The molecule has 0 spiro atoms. The lowest BCUT2D eigenvalue weighted by molar-refractivity contribution is -0.112. The Balaban J connectivity index is 2.29. The molecule has 2 aromatic carbocycles. The van der Waals surface area contributed by atoms with E-state index in [4.69, 9.17) is 0 Å². The van der Waals surface area contributed by atoms with Gasteiger partial charge in [-0.1, -0.05) is 0 Å². The standard InChI is InChI=1S/C20H16FN3O5/c1-28-19(26)12-3-8-16(20(27)29-2)17(9-12)23-11-13(10-22)18(25)24-15-6-4-14(21)5-7-15/h3-9,11,23H,1-2H3,(H,24,25)/b13-11-. The zero-order valence-electron chi connectivity index (χ0n) is 15.5. The molecule has 2 rings (SSSR count). The Morgan fingerprint density at radius 2 is 1.69 bits per heavy atom. The third-order valence-corrected chi connectivity index (χ3v) is 3.69. The molecule has 0 aliphatic rings. The molecule has 0 aliphatic carbocycles. The van der Waals surface area contributed by atoms with Crippen LogP contribution < -0.4 is 10.6 Å². The average molecular weight is 397 g/mol. The maximum absolute atomic E-state index is 12.9. The van der Waals surface area contributed by atoms with E-state index in [0.29, 0.717) is 5.69 Å². The quantitative estimate of drug-likeness (QED) is 0.437. The number of nitrogens with zero attached hydrogens (tertiary/aromatic N) is 1. The summed E-state index contributed by atoms with van der Waals surface area (Å²) >= 11 is 0. The summed E-state index contributed by atoms with van der Waals surface area (Å²) in [6.07, 6.45) is 1.07. The molecule has 2 N–H and O–H groups in total. The first-order valence-electron chi connectivity index (χ1n) is 8.14. The molecule has 29 heavy (non-hydrogen) atoms. The smallest absolute Gasteiger partial charge is 0.339 e. The molecule has 148 valence electrons. The maximum atomic E-state index is 12.9. The van der Waals surface area contributed by atoms with Crippen LogP contribution in [0.2, 0.25) is 0 Å². The van der Waals surface area contributed by atoms with E-state index >= 15 is 0 Å². The molecule has 0 atom stereocenters. The lowest BCUT2D eigenvalue weighted by Crippen LogP contribution is -2.15. The first kappa shape index (κ1) is 21.1. The van der Waals surface area contributed by atoms with E-state index in [-0.39, 0.29) is 22.4 Å². The van der Waals surface area contributed by atoms with Gasteiger partial charge < -0.3 is 20.1 Å². The van der Waals surface area contributed by atoms with Crippen molar-refractivity contribution in [2.75, 3.05) is 24.9 Å². The van der Waals surface area contributed by atoms with Gasteiger partial charge >= 0.3 is 11.9 Å². The highest BCUT2D eigenvalue weighted by molar-refractivity contribution is 6.07. The largest absolute Gasteiger partial charge is 0.465 e. The van der Waals surface area contributed by atoms with Gasteiger partial charge in [0, 0.05) is 11.9 Å². The number of ether oxygens (including phenoxy) is 2. The van der Waals surface area contributed by atoms with Crippen LogP contribution in [0.15, 0.2) is 54.2 Å². The van der Waals surface area contributed by atoms with Gasteiger partial charge in [0.1, 0.15) is 17.5 Å². The zero-order chi connectivity index (χ0) is 21.4. The van der Waals surface area contributed by atoms with E-state index in [1.807, 2.05) is 0 Å². The third kappa shape index (κ3) is 5.40. The fourth-order valence-corrected chi connectivity index (χ4v) is 2.23. The molecule has 0 aliphatic heterocycles. The van der Waals surface area contributed by atoms with Crippen molar-refractivity contribution in [3.63, 3.8) is 0 Å². The van der Waals surface area contributed by atoms with Crippen LogP contribution in [0.25, 0.3) is 0 Å². The number of carbonyl (C=O) groups excluding carboxylic acids is 3. The minimum absolute atomic E-state index is 0.0765. The molecular formula is C20H16FN3O5. The first-order valence-corrected chi connectivity index (χ1v) is 8.14. The number of carbonyl (C=O) groups is 3. The topological polar surface area (TPSA) is 118 Å². The number of methoxy groups -OCH3 is 2. The van der Waals surface area contributed by atoms with E-state index in [9.17, 15) is 24.0 Å². The van der Waals surface area contributed by atoms with E-state index in [1.165, 1.54) is 44.6 Å². The Morgan fingerprint density at radius 3 is 2.28 bits per heavy atom. The van der Waals surface area contributed by atoms with E-state index < -0.39 is 23.7 Å². The van der Waals surface area contributed by atoms with Gasteiger partial charge in [-0.05, 0) is 42.5 Å². The summed E-state index contributed by atoms with van der Waals surface area (Å²) in [5.41, 5.74) is 0.314. The summed E-state index contributed by atoms with van der Waals surface area (Å²) in [4.78, 5) is 35.9. The van der Waals surface area contributed by atoms with E-state index in [1.54, 1.807) is 6.07 Å². The van der Waals surface area contributed by atoms with Gasteiger partial charge in [0.15, 0.2) is 0 Å². The van der Waals surface area contributed by atoms with Crippen LogP contribution in [0.1, 0.15) is 20.7 Å². The van der Waals surface area contributed by atoms with Crippen LogP contribution in [0, 0.1) is 17.1 Å². The van der Waals surface area contributed by atoms with Gasteiger partial charge in [-0.3, -0.25) is 4.79 Å². The predicted molar refractivity (Wildman–Crippen MR) is 101 cm³/mol. The van der Waals surface area contributed by atoms with Gasteiger partial charge in [0.2, 0.25) is 0 Å². The molecule has 0 aromatic heterocycles. The van der Waals surface area contributed by atoms with E-state index in [2.05, 4.69) is 20.1 Å². The van der Waals surface area contributed by atoms with Gasteiger partial charge in [0.05, 0.1) is 31.0 Å². The van der Waals surface area contributed by atoms with Crippen LogP contribution in [0.3, 0.4) is 0 Å². The van der Waals surface area contributed by atoms with Crippen LogP contribution in [0.5, 0.6) is 0 Å². The number of nitrogens with one attached hydrogen (secondary N) is 2. The second-order valence-electron chi connectivity index (χ2n) is 5.52. The molecule has 0 saturated carbocycles. The third-order valence-electron chi connectivity index (χ3n) is 3.69. The van der Waals surface area contributed by atoms with Crippen molar-refractivity contribution < 1.29 is 28.2 Å². The second kappa shape index (κ2) is 9.66. The molecule has 0 saturated heterocycles. The molecule has 0 unspecified atom stereocenters. The summed E-state index contributed by atoms with van der Waals surface area (Å²) in [7, 11) is 2.39. The Kier molecular flexibility index (Phi) is 7.03. The summed E-state index contributed by atoms with van der Waals surface area (Å²) in [6, 6.07) is 10.8. The number of esters is 2. The highest BCUT2D eigenvalue weighted by Gasteiger charge is 2.16. The number of anilines is 2. The van der Waals surface area contributed by atoms with Crippen LogP contribution in [0.4, 0.5) is 15.8 Å². The molecule has 8 nitrogen and oxygen atoms in total. The number of nitriles is 1. The van der Waals surface area contributed by atoms with Crippen molar-refractivity contribution in [1.29, 1.82) is 5.26 Å². The van der Waals surface area contributed by atoms with Crippen molar-refractivity contribution in [3.05, 3.63) is 71.2 Å². The maximum Gasteiger partial charge on any atom is 0.339 e. The summed E-state index contributed by atoms with van der Waals surface area (Å²) in [5.74, 6) is -2.55. The molecule has 0 bridgehead atoms. The molecule has 2 aromatic rings. The van der Waals surface area contributed by atoms with Gasteiger partial charge in [0.25, 0.3) is 5.91 Å². The summed E-state index contributed by atoms with van der Waals surface area (Å²) in [6.45, 7) is 0. The Bertz CT molecular complexity index is 1010. The van der Waals surface area contributed by atoms with Crippen LogP contribution in [-0.2, 0) is 14.3 Å². The minimum atomic E-state index is -0.754. The predicted octanol–water partition coefficient (Wildman–Crippen LogP) is 2.86. The van der Waals surface area contributed by atoms with Gasteiger partial charge in [-0.25, -0.2) is 14.0 Å². The number of amides is 1. The summed E-state index contributed by atoms with van der Waals surface area (Å²) < 4.78 is 22.3. The van der Waals surface area contributed by atoms with Crippen molar-refractivity contribution in [1.82, 2.24) is 0 Å². The number of rotatable bonds is 6. The number of halogens is 1. The highest BCUT2D eigenvalue weighted by Crippen LogP contribution is 2.20. The van der Waals surface area contributed by atoms with Crippen molar-refractivity contribution in [2.24, 2.45) is 0 Å². The normalized spacial score (nSPS) is 10.5. The van der Waals surface area contributed by atoms with E-state index in [0.717, 1.165) is 18.3 Å². The average Bonchev–Trinajstić information content (AvgIpc) is 2.74. The Morgan fingerprint density at radius 1 is 1.03 bits per heavy atom. The molecule has 1 amide bonds. The molecule has 9 heteroatoms. The van der Waals surface area contributed by atoms with Crippen molar-refractivity contribution >= 4 is 29.2 Å². The fourth-order valence-electron chi connectivity index (χ4n) is 2.23. The Labute approximate surface area is 165 Å². The number of hydrogen-bond donors (Lipinski definition) is 2. The molecule has 0 fully saturated rings. The van der Waals surface area contributed by atoms with Gasteiger partial charge in [-0.2, -0.15) is 5.26 Å². The van der Waals surface area contributed by atoms with Crippen LogP contribution >= 0.6 is 0 Å². The SMILES string of the molecule is COC(=O)c1ccc(C(=O)OC)c(N/C=C(/C#N)C(=O)Nc2ccc(F)cc2)c1. The molecule has 0 heterocycles. The number of hydrogen-bond acceptors (Lipinski definition) is 7. The molecule has 0 radical (unpaired) electrons. The minimum Gasteiger partial charge on any atom is -0.465 e. The first-order chi connectivity index (χ1) is 13.9. The second-order valence-corrected chi connectivity index (χ2v) is 5.52. The highest BCUT2D eigenvalue weighted by atomic mass is 19.1. The van der Waals surface area contributed by atoms with Crippen LogP contribution in [-0.4, -0.2) is 32.1 Å². The monoisotopic (exact) mass is 397 g/mol. The Hall–Kier alpha value is -4.19. The lowest BCUT2D eigenvalue weighted by atomic mass is 10.1.